The van der Waals surface area contributed by atoms with Crippen LogP contribution in [0.3, 0.4) is 0 Å². The molecule has 0 saturated heterocycles. The number of nitriles is 1. The van der Waals surface area contributed by atoms with E-state index < -0.39 is 24.3 Å². The highest BCUT2D eigenvalue weighted by molar-refractivity contribution is 6.31. The van der Waals surface area contributed by atoms with Crippen LogP contribution in [0.25, 0.3) is 6.08 Å². The molecule has 0 heterocycles. The number of nitrogens with zero attached hydrogens (tertiary/aromatic N) is 1. The number of carbonyl (C=O) groups is 2. The van der Waals surface area contributed by atoms with Crippen molar-refractivity contribution in [1.29, 1.82) is 5.26 Å². The van der Waals surface area contributed by atoms with Gasteiger partial charge in [0.2, 0.25) is 0 Å². The Kier molecular flexibility index (Phi) is 6.26. The molecular formula is C18H12ClFN2O3. The van der Waals surface area contributed by atoms with Crippen LogP contribution in [0.1, 0.15) is 11.1 Å². The lowest BCUT2D eigenvalue weighted by Gasteiger charge is -2.07. The van der Waals surface area contributed by atoms with Crippen molar-refractivity contribution in [2.45, 2.75) is 0 Å². The van der Waals surface area contributed by atoms with Gasteiger partial charge in [-0.2, -0.15) is 5.26 Å². The minimum atomic E-state index is -0.801. The van der Waals surface area contributed by atoms with Crippen molar-refractivity contribution in [3.63, 3.8) is 0 Å². The third-order valence-electron chi connectivity index (χ3n) is 3.03. The van der Waals surface area contributed by atoms with Crippen molar-refractivity contribution in [2.24, 2.45) is 0 Å². The Morgan fingerprint density at radius 2 is 2.04 bits per heavy atom. The Labute approximate surface area is 148 Å². The summed E-state index contributed by atoms with van der Waals surface area (Å²) in [5.41, 5.74) is 0.669. The molecule has 0 bridgehead atoms. The first-order chi connectivity index (χ1) is 12.0. The summed E-state index contributed by atoms with van der Waals surface area (Å²) in [4.78, 5) is 23.4. The van der Waals surface area contributed by atoms with E-state index >= 15 is 0 Å². The molecule has 126 valence electrons. The first-order valence-electron chi connectivity index (χ1n) is 7.08. The lowest BCUT2D eigenvalue weighted by Crippen LogP contribution is -2.20. The molecule has 0 unspecified atom stereocenters. The average molecular weight is 359 g/mol. The van der Waals surface area contributed by atoms with Gasteiger partial charge in [0.05, 0.1) is 11.3 Å². The zero-order valence-corrected chi connectivity index (χ0v) is 13.6. The van der Waals surface area contributed by atoms with E-state index in [9.17, 15) is 14.0 Å². The molecule has 2 aromatic carbocycles. The molecule has 0 aliphatic carbocycles. The summed E-state index contributed by atoms with van der Waals surface area (Å²) < 4.78 is 18.2. The van der Waals surface area contributed by atoms with E-state index in [-0.39, 0.29) is 16.8 Å². The molecule has 7 heteroatoms. The van der Waals surface area contributed by atoms with Crippen molar-refractivity contribution in [3.8, 4) is 6.07 Å². The van der Waals surface area contributed by atoms with E-state index in [0.717, 1.165) is 6.08 Å². The number of hydrogen-bond donors (Lipinski definition) is 1. The van der Waals surface area contributed by atoms with Crippen molar-refractivity contribution in [3.05, 3.63) is 70.5 Å². The second-order valence-electron chi connectivity index (χ2n) is 4.81. The minimum Gasteiger partial charge on any atom is -0.452 e. The predicted octanol–water partition coefficient (Wildman–Crippen LogP) is 3.55. The first-order valence-corrected chi connectivity index (χ1v) is 7.46. The fourth-order valence-corrected chi connectivity index (χ4v) is 2.03. The molecule has 0 spiro atoms. The zero-order chi connectivity index (χ0) is 18.2. The smallest absolute Gasteiger partial charge is 0.331 e. The van der Waals surface area contributed by atoms with E-state index in [1.807, 2.05) is 6.07 Å². The van der Waals surface area contributed by atoms with Crippen LogP contribution in [-0.4, -0.2) is 18.5 Å². The standard InChI is InChI=1S/C18H12ClFN2O3/c19-14-7-5-13(10-21)16(9-14)22-17(23)11-25-18(24)8-6-12-3-1-2-4-15(12)20/h1-9H,11H2,(H,22,23)/b8-6+. The molecule has 2 rings (SSSR count). The Morgan fingerprint density at radius 3 is 2.76 bits per heavy atom. The highest BCUT2D eigenvalue weighted by atomic mass is 35.5. The maximum absolute atomic E-state index is 13.4. The van der Waals surface area contributed by atoms with Crippen LogP contribution in [-0.2, 0) is 14.3 Å². The van der Waals surface area contributed by atoms with Crippen LogP contribution in [0.4, 0.5) is 10.1 Å². The molecule has 2 aromatic rings. The summed E-state index contributed by atoms with van der Waals surface area (Å²) in [5, 5.41) is 11.8. The van der Waals surface area contributed by atoms with Gasteiger partial charge in [0.1, 0.15) is 11.9 Å². The van der Waals surface area contributed by atoms with Crippen molar-refractivity contribution < 1.29 is 18.7 Å². The van der Waals surface area contributed by atoms with E-state index in [0.29, 0.717) is 5.02 Å². The van der Waals surface area contributed by atoms with Gasteiger partial charge < -0.3 is 10.1 Å². The predicted molar refractivity (Wildman–Crippen MR) is 91.2 cm³/mol. The molecule has 1 N–H and O–H groups in total. The number of amides is 1. The number of esters is 1. The fourth-order valence-electron chi connectivity index (χ4n) is 1.86. The highest BCUT2D eigenvalue weighted by Crippen LogP contribution is 2.20. The van der Waals surface area contributed by atoms with Gasteiger partial charge in [-0.3, -0.25) is 4.79 Å². The number of hydrogen-bond acceptors (Lipinski definition) is 4. The monoisotopic (exact) mass is 358 g/mol. The lowest BCUT2D eigenvalue weighted by atomic mass is 10.2. The first kappa shape index (κ1) is 18.2. The molecular weight excluding hydrogens is 347 g/mol. The van der Waals surface area contributed by atoms with Crippen LogP contribution >= 0.6 is 11.6 Å². The molecule has 0 aliphatic rings. The van der Waals surface area contributed by atoms with Crippen molar-refractivity contribution in [1.82, 2.24) is 0 Å². The largest absolute Gasteiger partial charge is 0.452 e. The summed E-state index contributed by atoms with van der Waals surface area (Å²) in [5.74, 6) is -1.91. The number of carbonyl (C=O) groups excluding carboxylic acids is 2. The zero-order valence-electron chi connectivity index (χ0n) is 12.8. The van der Waals surface area contributed by atoms with Gasteiger partial charge in [0, 0.05) is 16.7 Å². The maximum atomic E-state index is 13.4. The minimum absolute atomic E-state index is 0.220. The fraction of sp³-hybridized carbons (Fsp3) is 0.0556. The Bertz CT molecular complexity index is 875. The maximum Gasteiger partial charge on any atom is 0.331 e. The van der Waals surface area contributed by atoms with E-state index in [4.69, 9.17) is 21.6 Å². The number of ether oxygens (including phenoxy) is 1. The van der Waals surface area contributed by atoms with Gasteiger partial charge in [0.15, 0.2) is 6.61 Å². The van der Waals surface area contributed by atoms with Crippen LogP contribution < -0.4 is 5.32 Å². The normalized spacial score (nSPS) is 10.3. The molecule has 25 heavy (non-hydrogen) atoms. The molecule has 1 amide bonds. The number of benzene rings is 2. The summed E-state index contributed by atoms with van der Waals surface area (Å²) >= 11 is 5.81. The summed E-state index contributed by atoms with van der Waals surface area (Å²) in [6, 6.07) is 12.2. The van der Waals surface area contributed by atoms with Gasteiger partial charge in [-0.25, -0.2) is 9.18 Å². The molecule has 5 nitrogen and oxygen atoms in total. The van der Waals surface area contributed by atoms with Crippen LogP contribution in [0, 0.1) is 17.1 Å². The van der Waals surface area contributed by atoms with Crippen molar-refractivity contribution >= 4 is 35.2 Å². The number of rotatable bonds is 5. The number of nitrogens with one attached hydrogen (secondary N) is 1. The molecule has 0 atom stereocenters. The van der Waals surface area contributed by atoms with Gasteiger partial charge in [-0.15, -0.1) is 0 Å². The third kappa shape index (κ3) is 5.44. The SMILES string of the molecule is N#Cc1ccc(Cl)cc1NC(=O)COC(=O)/C=C/c1ccccc1F. The quantitative estimate of drug-likeness (QED) is 0.655. The summed E-state index contributed by atoms with van der Waals surface area (Å²) in [6.07, 6.45) is 2.27. The van der Waals surface area contributed by atoms with Gasteiger partial charge in [-0.1, -0.05) is 29.8 Å². The van der Waals surface area contributed by atoms with Gasteiger partial charge in [-0.05, 0) is 30.3 Å². The van der Waals surface area contributed by atoms with Crippen LogP contribution in [0.5, 0.6) is 0 Å². The molecule has 0 saturated carbocycles. The third-order valence-corrected chi connectivity index (χ3v) is 3.26. The van der Waals surface area contributed by atoms with E-state index in [1.54, 1.807) is 6.07 Å². The molecule has 0 fully saturated rings. The van der Waals surface area contributed by atoms with Crippen molar-refractivity contribution in [2.75, 3.05) is 11.9 Å². The topological polar surface area (TPSA) is 79.2 Å². The van der Waals surface area contributed by atoms with E-state index in [1.165, 1.54) is 42.5 Å². The van der Waals surface area contributed by atoms with Crippen LogP contribution in [0.15, 0.2) is 48.5 Å². The van der Waals surface area contributed by atoms with Crippen LogP contribution in [0.2, 0.25) is 5.02 Å². The van der Waals surface area contributed by atoms with Gasteiger partial charge >= 0.3 is 5.97 Å². The van der Waals surface area contributed by atoms with E-state index in [2.05, 4.69) is 5.32 Å². The van der Waals surface area contributed by atoms with Gasteiger partial charge in [0.25, 0.3) is 5.91 Å². The Balaban J connectivity index is 1.90. The molecule has 0 aromatic heterocycles. The number of anilines is 1. The summed E-state index contributed by atoms with van der Waals surface area (Å²) in [6.45, 7) is -0.558. The average Bonchev–Trinajstić information content (AvgIpc) is 2.59. The second kappa shape index (κ2) is 8.62. The molecule has 0 aliphatic heterocycles. The summed E-state index contributed by atoms with van der Waals surface area (Å²) in [7, 11) is 0. The molecule has 0 radical (unpaired) electrons. The lowest BCUT2D eigenvalue weighted by molar-refractivity contribution is -0.142. The highest BCUT2D eigenvalue weighted by Gasteiger charge is 2.09. The number of halogens is 2. The second-order valence-corrected chi connectivity index (χ2v) is 5.25. The Morgan fingerprint density at radius 1 is 1.28 bits per heavy atom. The Hall–Kier alpha value is -3.17.